The van der Waals surface area contributed by atoms with Crippen molar-refractivity contribution in [2.75, 3.05) is 18.5 Å². The van der Waals surface area contributed by atoms with Crippen molar-refractivity contribution in [3.8, 4) is 0 Å². The third kappa shape index (κ3) is 3.46. The largest absolute Gasteiger partial charge is 0.396 e. The summed E-state index contributed by atoms with van der Waals surface area (Å²) in [5.41, 5.74) is 2.06. The molecule has 1 heterocycles. The molecule has 0 aliphatic rings. The number of hydrogen-bond acceptors (Lipinski definition) is 3. The quantitative estimate of drug-likeness (QED) is 0.644. The van der Waals surface area contributed by atoms with Crippen LogP contribution in [0.4, 0.5) is 5.95 Å². The van der Waals surface area contributed by atoms with E-state index >= 15 is 0 Å². The summed E-state index contributed by atoms with van der Waals surface area (Å²) in [5.74, 6) is 0.841. The summed E-state index contributed by atoms with van der Waals surface area (Å²) in [5, 5.41) is 11.9. The first-order valence-electron chi connectivity index (χ1n) is 6.19. The number of aromatic amines is 1. The van der Waals surface area contributed by atoms with Gasteiger partial charge in [-0.15, -0.1) is 0 Å². The highest BCUT2D eigenvalue weighted by molar-refractivity contribution is 5.77. The molecule has 0 fully saturated rings. The maximum atomic E-state index is 8.65. The molecule has 0 amide bonds. The summed E-state index contributed by atoms with van der Waals surface area (Å²) in [4.78, 5) is 7.68. The fourth-order valence-electron chi connectivity index (χ4n) is 1.83. The Morgan fingerprint density at radius 2 is 1.94 bits per heavy atom. The molecule has 1 aromatic carbocycles. The minimum atomic E-state index is 0.303. The molecule has 0 unspecified atom stereocenters. The number of benzene rings is 1. The molecule has 2 aromatic rings. The van der Waals surface area contributed by atoms with Crippen LogP contribution in [0.3, 0.4) is 0 Å². The standard InChI is InChI=1S/C13H19N3O/c17-10-6-2-1-5-9-14-13-15-11-7-3-4-8-12(11)16-13/h3-4,7-8,17H,1-2,5-6,9-10H2,(H2,14,15,16). The number of aliphatic hydroxyl groups excluding tert-OH is 1. The van der Waals surface area contributed by atoms with Gasteiger partial charge in [0.05, 0.1) is 11.0 Å². The minimum absolute atomic E-state index is 0.303. The number of para-hydroxylation sites is 2. The van der Waals surface area contributed by atoms with Gasteiger partial charge in [0.2, 0.25) is 5.95 Å². The summed E-state index contributed by atoms with van der Waals surface area (Å²) in [6.07, 6.45) is 4.26. The van der Waals surface area contributed by atoms with Crippen molar-refractivity contribution in [2.45, 2.75) is 25.7 Å². The first kappa shape index (κ1) is 11.9. The third-order valence-corrected chi connectivity index (χ3v) is 2.77. The number of fused-ring (bicyclic) bond motifs is 1. The first-order valence-corrected chi connectivity index (χ1v) is 6.19. The Bertz CT molecular complexity index is 420. The zero-order valence-electron chi connectivity index (χ0n) is 9.95. The molecule has 3 N–H and O–H groups in total. The normalized spacial score (nSPS) is 10.9. The maximum absolute atomic E-state index is 8.65. The van der Waals surface area contributed by atoms with Gasteiger partial charge in [-0.2, -0.15) is 0 Å². The van der Waals surface area contributed by atoms with E-state index < -0.39 is 0 Å². The summed E-state index contributed by atoms with van der Waals surface area (Å²) in [6.45, 7) is 1.22. The number of nitrogens with zero attached hydrogens (tertiary/aromatic N) is 1. The Hall–Kier alpha value is -1.55. The van der Waals surface area contributed by atoms with E-state index in [-0.39, 0.29) is 0 Å². The molecule has 0 aliphatic heterocycles. The fraction of sp³-hybridized carbons (Fsp3) is 0.462. The number of unbranched alkanes of at least 4 members (excludes halogenated alkanes) is 3. The lowest BCUT2D eigenvalue weighted by atomic mass is 10.2. The fourth-order valence-corrected chi connectivity index (χ4v) is 1.83. The lowest BCUT2D eigenvalue weighted by Crippen LogP contribution is -2.02. The van der Waals surface area contributed by atoms with Gasteiger partial charge < -0.3 is 15.4 Å². The van der Waals surface area contributed by atoms with E-state index in [1.807, 2.05) is 24.3 Å². The van der Waals surface area contributed by atoms with Crippen molar-refractivity contribution in [3.63, 3.8) is 0 Å². The average Bonchev–Trinajstić information content (AvgIpc) is 2.76. The molecule has 0 bridgehead atoms. The first-order chi connectivity index (χ1) is 8.40. The molecular formula is C13H19N3O. The number of H-pyrrole nitrogens is 1. The Morgan fingerprint density at radius 3 is 2.76 bits per heavy atom. The third-order valence-electron chi connectivity index (χ3n) is 2.77. The summed E-state index contributed by atoms with van der Waals surface area (Å²) < 4.78 is 0. The summed E-state index contributed by atoms with van der Waals surface area (Å²) in [7, 11) is 0. The maximum Gasteiger partial charge on any atom is 0.201 e. The predicted octanol–water partition coefficient (Wildman–Crippen LogP) is 2.53. The summed E-state index contributed by atoms with van der Waals surface area (Å²) in [6, 6.07) is 8.01. The SMILES string of the molecule is OCCCCCCNc1nc2ccccc2[nH]1. The number of anilines is 1. The van der Waals surface area contributed by atoms with Crippen LogP contribution in [0.5, 0.6) is 0 Å². The van der Waals surface area contributed by atoms with Gasteiger partial charge in [0.1, 0.15) is 0 Å². The van der Waals surface area contributed by atoms with Gasteiger partial charge >= 0.3 is 0 Å². The van der Waals surface area contributed by atoms with Crippen LogP contribution in [-0.2, 0) is 0 Å². The molecule has 0 atom stereocenters. The van der Waals surface area contributed by atoms with Crippen LogP contribution in [0.15, 0.2) is 24.3 Å². The van der Waals surface area contributed by atoms with Crippen molar-refractivity contribution < 1.29 is 5.11 Å². The molecule has 0 spiro atoms. The Morgan fingerprint density at radius 1 is 1.12 bits per heavy atom. The van der Waals surface area contributed by atoms with Gasteiger partial charge in [-0.3, -0.25) is 0 Å². The number of rotatable bonds is 7. The molecule has 2 rings (SSSR count). The van der Waals surface area contributed by atoms with Crippen LogP contribution in [0.1, 0.15) is 25.7 Å². The average molecular weight is 233 g/mol. The molecule has 4 heteroatoms. The highest BCUT2D eigenvalue weighted by Gasteiger charge is 1.99. The van der Waals surface area contributed by atoms with Gasteiger partial charge in [0.15, 0.2) is 0 Å². The van der Waals surface area contributed by atoms with Crippen LogP contribution >= 0.6 is 0 Å². The summed E-state index contributed by atoms with van der Waals surface area (Å²) >= 11 is 0. The highest BCUT2D eigenvalue weighted by Crippen LogP contribution is 2.13. The molecule has 0 saturated carbocycles. The molecule has 1 aromatic heterocycles. The second-order valence-corrected chi connectivity index (χ2v) is 4.17. The van der Waals surface area contributed by atoms with Gasteiger partial charge in [-0.05, 0) is 25.0 Å². The van der Waals surface area contributed by atoms with Crippen LogP contribution in [0, 0.1) is 0 Å². The van der Waals surface area contributed by atoms with Crippen molar-refractivity contribution in [3.05, 3.63) is 24.3 Å². The van der Waals surface area contributed by atoms with Gasteiger partial charge in [-0.1, -0.05) is 25.0 Å². The number of nitrogens with one attached hydrogen (secondary N) is 2. The smallest absolute Gasteiger partial charge is 0.201 e. The Balaban J connectivity index is 1.75. The van der Waals surface area contributed by atoms with E-state index in [1.54, 1.807) is 0 Å². The van der Waals surface area contributed by atoms with Crippen LogP contribution in [0.2, 0.25) is 0 Å². The molecule has 0 radical (unpaired) electrons. The minimum Gasteiger partial charge on any atom is -0.396 e. The molecule has 0 saturated heterocycles. The highest BCUT2D eigenvalue weighted by atomic mass is 16.2. The van der Waals surface area contributed by atoms with E-state index in [0.717, 1.165) is 49.2 Å². The number of imidazole rings is 1. The van der Waals surface area contributed by atoms with Gasteiger partial charge in [0, 0.05) is 13.2 Å². The van der Waals surface area contributed by atoms with E-state index in [4.69, 9.17) is 5.11 Å². The lowest BCUT2D eigenvalue weighted by Gasteiger charge is -2.01. The van der Waals surface area contributed by atoms with Crippen LogP contribution in [0.25, 0.3) is 11.0 Å². The lowest BCUT2D eigenvalue weighted by molar-refractivity contribution is 0.283. The van der Waals surface area contributed by atoms with E-state index in [1.165, 1.54) is 0 Å². The van der Waals surface area contributed by atoms with E-state index in [9.17, 15) is 0 Å². The zero-order chi connectivity index (χ0) is 11.9. The van der Waals surface area contributed by atoms with E-state index in [0.29, 0.717) is 6.61 Å². The molecule has 92 valence electrons. The predicted molar refractivity (Wildman–Crippen MR) is 70.1 cm³/mol. The Labute approximate surface area is 101 Å². The number of aromatic nitrogens is 2. The van der Waals surface area contributed by atoms with Crippen molar-refractivity contribution in [2.24, 2.45) is 0 Å². The molecule has 0 aliphatic carbocycles. The number of hydrogen-bond donors (Lipinski definition) is 3. The zero-order valence-corrected chi connectivity index (χ0v) is 9.95. The number of aliphatic hydroxyl groups is 1. The van der Waals surface area contributed by atoms with Crippen LogP contribution in [-0.4, -0.2) is 28.2 Å². The second kappa shape index (κ2) is 6.25. The topological polar surface area (TPSA) is 60.9 Å². The Kier molecular flexibility index (Phi) is 4.38. The van der Waals surface area contributed by atoms with Crippen LogP contribution < -0.4 is 5.32 Å². The van der Waals surface area contributed by atoms with Gasteiger partial charge in [-0.25, -0.2) is 4.98 Å². The van der Waals surface area contributed by atoms with E-state index in [2.05, 4.69) is 15.3 Å². The molecular weight excluding hydrogens is 214 g/mol. The van der Waals surface area contributed by atoms with Crippen molar-refractivity contribution >= 4 is 17.0 Å². The van der Waals surface area contributed by atoms with Crippen molar-refractivity contribution in [1.29, 1.82) is 0 Å². The molecule has 17 heavy (non-hydrogen) atoms. The van der Waals surface area contributed by atoms with Crippen molar-refractivity contribution in [1.82, 2.24) is 9.97 Å². The monoisotopic (exact) mass is 233 g/mol. The second-order valence-electron chi connectivity index (χ2n) is 4.17. The molecule has 4 nitrogen and oxygen atoms in total. The van der Waals surface area contributed by atoms with Gasteiger partial charge in [0.25, 0.3) is 0 Å².